The third-order valence-electron chi connectivity index (χ3n) is 5.71. The van der Waals surface area contributed by atoms with Crippen molar-refractivity contribution in [1.29, 1.82) is 0 Å². The minimum absolute atomic E-state index is 0.000500. The number of nitrogens with one attached hydrogen (secondary N) is 1. The summed E-state index contributed by atoms with van der Waals surface area (Å²) in [5.41, 5.74) is 1.64. The summed E-state index contributed by atoms with van der Waals surface area (Å²) in [7, 11) is 0. The van der Waals surface area contributed by atoms with Gasteiger partial charge in [-0.2, -0.15) is 0 Å². The van der Waals surface area contributed by atoms with Gasteiger partial charge in [-0.25, -0.2) is 9.78 Å². The Morgan fingerprint density at radius 1 is 1.25 bits per heavy atom. The lowest BCUT2D eigenvalue weighted by atomic mass is 9.99. The molecule has 0 aliphatic carbocycles. The summed E-state index contributed by atoms with van der Waals surface area (Å²) >= 11 is 13.2. The second-order valence-corrected chi connectivity index (χ2v) is 10.1. The fraction of sp³-hybridized carbons (Fsp3) is 0.292. The van der Waals surface area contributed by atoms with E-state index in [1.165, 1.54) is 23.5 Å². The number of anilines is 2. The molecule has 1 saturated heterocycles. The number of rotatable bonds is 7. The van der Waals surface area contributed by atoms with E-state index in [2.05, 4.69) is 17.2 Å². The minimum atomic E-state index is -0.831. The first-order valence-corrected chi connectivity index (χ1v) is 12.8. The quantitative estimate of drug-likeness (QED) is 0.217. The van der Waals surface area contributed by atoms with Crippen molar-refractivity contribution in [2.24, 2.45) is 5.92 Å². The highest BCUT2D eigenvalue weighted by Gasteiger charge is 2.25. The van der Waals surface area contributed by atoms with Crippen molar-refractivity contribution in [2.45, 2.75) is 19.8 Å². The van der Waals surface area contributed by atoms with Crippen LogP contribution in [0.4, 0.5) is 16.5 Å². The lowest BCUT2D eigenvalue weighted by Gasteiger charge is -2.32. The Balaban J connectivity index is 1.37. The number of carbonyl (C=O) groups is 2. The Kier molecular flexibility index (Phi) is 8.07. The van der Waals surface area contributed by atoms with Crippen molar-refractivity contribution in [3.8, 4) is 11.3 Å². The third-order valence-corrected chi connectivity index (χ3v) is 7.20. The van der Waals surface area contributed by atoms with Crippen LogP contribution < -0.4 is 10.2 Å². The standard InChI is InChI=1S/C24H22Cl2N4O5S/c1-14-3-2-8-29(11-14)20-7-5-16(10-21(20)30(33)34)23(32)35-12-22(31)28-24-27-19(13-36-24)15-4-6-17(25)18(26)9-15/h4-7,9-10,13-14H,2-3,8,11-12H2,1H3,(H,27,28,31). The van der Waals surface area contributed by atoms with Gasteiger partial charge in [-0.1, -0.05) is 36.2 Å². The molecule has 2 heterocycles. The number of nitrogens with zero attached hydrogens (tertiary/aromatic N) is 3. The number of esters is 1. The van der Waals surface area contributed by atoms with Crippen LogP contribution in [0.3, 0.4) is 0 Å². The van der Waals surface area contributed by atoms with E-state index in [-0.39, 0.29) is 11.3 Å². The third kappa shape index (κ3) is 6.13. The zero-order valence-corrected chi connectivity index (χ0v) is 21.5. The van der Waals surface area contributed by atoms with Crippen LogP contribution in [-0.4, -0.2) is 41.5 Å². The Morgan fingerprint density at radius 3 is 2.78 bits per heavy atom. The smallest absolute Gasteiger partial charge is 0.338 e. The number of halogens is 2. The first-order chi connectivity index (χ1) is 17.2. The molecule has 1 aliphatic heterocycles. The van der Waals surface area contributed by atoms with E-state index in [0.717, 1.165) is 24.9 Å². The normalized spacial score (nSPS) is 15.4. The number of amides is 1. The van der Waals surface area contributed by atoms with Gasteiger partial charge in [-0.3, -0.25) is 20.2 Å². The van der Waals surface area contributed by atoms with Crippen molar-refractivity contribution >= 4 is 62.9 Å². The van der Waals surface area contributed by atoms with E-state index in [9.17, 15) is 19.7 Å². The SMILES string of the molecule is CC1CCCN(c2ccc(C(=O)OCC(=O)Nc3nc(-c4ccc(Cl)c(Cl)c4)cs3)cc2[N+](=O)[O-])C1. The van der Waals surface area contributed by atoms with Gasteiger partial charge in [0.25, 0.3) is 11.6 Å². The lowest BCUT2D eigenvalue weighted by Crippen LogP contribution is -2.34. The minimum Gasteiger partial charge on any atom is -0.452 e. The summed E-state index contributed by atoms with van der Waals surface area (Å²) < 4.78 is 5.08. The van der Waals surface area contributed by atoms with Gasteiger partial charge in [0, 0.05) is 30.1 Å². The van der Waals surface area contributed by atoms with Gasteiger partial charge in [0.15, 0.2) is 11.7 Å². The number of nitro groups is 1. The number of nitro benzene ring substituents is 1. The predicted octanol–water partition coefficient (Wildman–Crippen LogP) is 6.06. The molecule has 0 radical (unpaired) electrons. The van der Waals surface area contributed by atoms with Crippen molar-refractivity contribution in [3.63, 3.8) is 0 Å². The van der Waals surface area contributed by atoms with Crippen LogP contribution in [0.25, 0.3) is 11.3 Å². The Bertz CT molecular complexity index is 1320. The largest absolute Gasteiger partial charge is 0.452 e. The van der Waals surface area contributed by atoms with Gasteiger partial charge < -0.3 is 9.64 Å². The highest BCUT2D eigenvalue weighted by molar-refractivity contribution is 7.14. The Hall–Kier alpha value is -3.21. The maximum Gasteiger partial charge on any atom is 0.338 e. The van der Waals surface area contributed by atoms with Crippen LogP contribution in [0.1, 0.15) is 30.1 Å². The fourth-order valence-electron chi connectivity index (χ4n) is 3.96. The summed E-state index contributed by atoms with van der Waals surface area (Å²) in [5, 5.41) is 17.1. The van der Waals surface area contributed by atoms with Gasteiger partial charge >= 0.3 is 5.97 Å². The topological polar surface area (TPSA) is 115 Å². The monoisotopic (exact) mass is 548 g/mol. The molecule has 1 amide bonds. The van der Waals surface area contributed by atoms with Crippen molar-refractivity contribution in [1.82, 2.24) is 4.98 Å². The van der Waals surface area contributed by atoms with E-state index in [1.54, 1.807) is 29.6 Å². The Morgan fingerprint density at radius 2 is 2.06 bits per heavy atom. The summed E-state index contributed by atoms with van der Waals surface area (Å²) in [4.78, 5) is 42.2. The molecule has 1 aliphatic rings. The highest BCUT2D eigenvalue weighted by atomic mass is 35.5. The molecule has 1 atom stereocenters. The summed E-state index contributed by atoms with van der Waals surface area (Å²) in [6, 6.07) is 9.31. The van der Waals surface area contributed by atoms with Gasteiger partial charge in [0.05, 0.1) is 26.2 Å². The zero-order valence-electron chi connectivity index (χ0n) is 19.2. The lowest BCUT2D eigenvalue weighted by molar-refractivity contribution is -0.384. The second-order valence-electron chi connectivity index (χ2n) is 8.45. The van der Waals surface area contributed by atoms with E-state index in [0.29, 0.717) is 39.0 Å². The molecular weight excluding hydrogens is 527 g/mol. The Labute approximate surface area is 221 Å². The van der Waals surface area contributed by atoms with Crippen LogP contribution >= 0.6 is 34.5 Å². The second kappa shape index (κ2) is 11.2. The molecule has 12 heteroatoms. The fourth-order valence-corrected chi connectivity index (χ4v) is 5.00. The number of benzene rings is 2. The van der Waals surface area contributed by atoms with Gasteiger partial charge in [0.1, 0.15) is 5.69 Å². The van der Waals surface area contributed by atoms with Gasteiger partial charge in [0.2, 0.25) is 0 Å². The number of aromatic nitrogens is 1. The molecule has 1 aromatic heterocycles. The highest BCUT2D eigenvalue weighted by Crippen LogP contribution is 2.33. The molecule has 3 aromatic rings. The molecule has 0 spiro atoms. The van der Waals surface area contributed by atoms with E-state index < -0.39 is 23.4 Å². The summed E-state index contributed by atoms with van der Waals surface area (Å²) in [5.74, 6) is -0.992. The first kappa shape index (κ1) is 25.9. The number of hydrogen-bond donors (Lipinski definition) is 1. The van der Waals surface area contributed by atoms with Crippen molar-refractivity contribution in [3.05, 3.63) is 67.5 Å². The molecule has 36 heavy (non-hydrogen) atoms. The molecule has 0 saturated carbocycles. The average Bonchev–Trinajstić information content (AvgIpc) is 3.32. The number of carbonyl (C=O) groups excluding carboxylic acids is 2. The molecule has 2 aromatic carbocycles. The van der Waals surface area contributed by atoms with E-state index in [1.807, 2.05) is 4.90 Å². The molecule has 188 valence electrons. The number of ether oxygens (including phenoxy) is 1. The van der Waals surface area contributed by atoms with E-state index in [4.69, 9.17) is 27.9 Å². The summed E-state index contributed by atoms with van der Waals surface area (Å²) in [6.45, 7) is 2.97. The van der Waals surface area contributed by atoms with Crippen LogP contribution in [0.2, 0.25) is 10.0 Å². The van der Waals surface area contributed by atoms with Crippen molar-refractivity contribution in [2.75, 3.05) is 29.9 Å². The number of hydrogen-bond acceptors (Lipinski definition) is 8. The number of thiazole rings is 1. The van der Waals surface area contributed by atoms with Crippen LogP contribution in [-0.2, 0) is 9.53 Å². The van der Waals surface area contributed by atoms with Crippen LogP contribution in [0, 0.1) is 16.0 Å². The zero-order chi connectivity index (χ0) is 25.8. The molecule has 4 rings (SSSR count). The van der Waals surface area contributed by atoms with Gasteiger partial charge in [-0.05, 0) is 43.0 Å². The van der Waals surface area contributed by atoms with Crippen LogP contribution in [0.5, 0.6) is 0 Å². The van der Waals surface area contributed by atoms with E-state index >= 15 is 0 Å². The molecule has 1 N–H and O–H groups in total. The van der Waals surface area contributed by atoms with Crippen molar-refractivity contribution < 1.29 is 19.2 Å². The number of piperidine rings is 1. The molecule has 1 unspecified atom stereocenters. The average molecular weight is 549 g/mol. The summed E-state index contributed by atoms with van der Waals surface area (Å²) in [6.07, 6.45) is 2.03. The predicted molar refractivity (Wildman–Crippen MR) is 140 cm³/mol. The first-order valence-electron chi connectivity index (χ1n) is 11.1. The molecule has 1 fully saturated rings. The van der Waals surface area contributed by atoms with Crippen LogP contribution in [0.15, 0.2) is 41.8 Å². The molecule has 9 nitrogen and oxygen atoms in total. The molecular formula is C24H22Cl2N4O5S. The maximum absolute atomic E-state index is 12.5. The van der Waals surface area contributed by atoms with Gasteiger partial charge in [-0.15, -0.1) is 11.3 Å². The molecule has 0 bridgehead atoms. The maximum atomic E-state index is 12.5.